The zero-order valence-electron chi connectivity index (χ0n) is 14.9. The quantitative estimate of drug-likeness (QED) is 0.521. The summed E-state index contributed by atoms with van der Waals surface area (Å²) < 4.78 is 16.8. The van der Waals surface area contributed by atoms with Crippen LogP contribution in [0.5, 0.6) is 0 Å². The first-order chi connectivity index (χ1) is 13.5. The van der Waals surface area contributed by atoms with Gasteiger partial charge in [0.1, 0.15) is 6.04 Å². The minimum absolute atomic E-state index is 0.0490. The molecular formula is C21H18FN3O3. The summed E-state index contributed by atoms with van der Waals surface area (Å²) in [5.41, 5.74) is 9.72. The van der Waals surface area contributed by atoms with Gasteiger partial charge in [0.15, 0.2) is 11.7 Å². The van der Waals surface area contributed by atoms with Crippen LogP contribution in [-0.4, -0.2) is 34.0 Å². The van der Waals surface area contributed by atoms with Gasteiger partial charge >= 0.3 is 5.97 Å². The number of aromatic nitrogens is 1. The number of fused-ring (bicyclic) bond motifs is 2. The number of carbonyl (C=O) groups is 1. The zero-order chi connectivity index (χ0) is 19.6. The van der Waals surface area contributed by atoms with Gasteiger partial charge in [-0.25, -0.2) is 9.18 Å². The van der Waals surface area contributed by atoms with E-state index in [4.69, 9.17) is 5.73 Å². The van der Waals surface area contributed by atoms with Crippen molar-refractivity contribution in [2.75, 3.05) is 4.90 Å². The highest BCUT2D eigenvalue weighted by molar-refractivity contribution is 5.92. The van der Waals surface area contributed by atoms with E-state index in [1.54, 1.807) is 18.3 Å². The van der Waals surface area contributed by atoms with E-state index in [2.05, 4.69) is 0 Å². The number of hydrogen-bond acceptors (Lipinski definition) is 4. The molecule has 1 saturated heterocycles. The lowest BCUT2D eigenvalue weighted by atomic mass is 9.93. The number of anilines is 1. The zero-order valence-corrected chi connectivity index (χ0v) is 14.9. The number of rotatable bonds is 2. The first-order valence-corrected chi connectivity index (χ1v) is 9.13. The van der Waals surface area contributed by atoms with E-state index in [1.165, 1.54) is 11.0 Å². The van der Waals surface area contributed by atoms with E-state index < -0.39 is 24.3 Å². The van der Waals surface area contributed by atoms with Crippen molar-refractivity contribution in [3.63, 3.8) is 0 Å². The number of hydrogen-bond donors (Lipinski definition) is 2. The van der Waals surface area contributed by atoms with Crippen molar-refractivity contribution < 1.29 is 14.3 Å². The Bertz CT molecular complexity index is 1190. The molecule has 142 valence electrons. The Kier molecular flexibility index (Phi) is 3.57. The van der Waals surface area contributed by atoms with E-state index in [9.17, 15) is 19.1 Å². The van der Waals surface area contributed by atoms with Gasteiger partial charge in [0.05, 0.1) is 5.52 Å². The van der Waals surface area contributed by atoms with Gasteiger partial charge < -0.3 is 20.3 Å². The van der Waals surface area contributed by atoms with Crippen LogP contribution in [-0.2, 0) is 11.2 Å². The second-order valence-electron chi connectivity index (χ2n) is 7.34. The number of carboxylic acids is 1. The molecule has 7 heteroatoms. The van der Waals surface area contributed by atoms with Gasteiger partial charge in [0, 0.05) is 53.5 Å². The maximum Gasteiger partial charge on any atom is 0.328 e. The van der Waals surface area contributed by atoms with E-state index in [1.807, 2.05) is 28.8 Å². The van der Waals surface area contributed by atoms with Gasteiger partial charge in [-0.2, -0.15) is 0 Å². The van der Waals surface area contributed by atoms with Crippen molar-refractivity contribution in [2.24, 2.45) is 5.73 Å². The second-order valence-corrected chi connectivity index (χ2v) is 7.34. The monoisotopic (exact) mass is 379 g/mol. The number of pyridine rings is 1. The number of benzene rings is 2. The molecule has 3 atom stereocenters. The van der Waals surface area contributed by atoms with Gasteiger partial charge in [0.2, 0.25) is 0 Å². The van der Waals surface area contributed by atoms with E-state index in [-0.39, 0.29) is 11.8 Å². The molecule has 6 nitrogen and oxygen atoms in total. The molecule has 2 aliphatic rings. The van der Waals surface area contributed by atoms with Gasteiger partial charge in [0.25, 0.3) is 0 Å². The first kappa shape index (κ1) is 16.9. The minimum atomic E-state index is -1.49. The van der Waals surface area contributed by atoms with Crippen LogP contribution in [0, 0.1) is 0 Å². The Morgan fingerprint density at radius 3 is 2.71 bits per heavy atom. The van der Waals surface area contributed by atoms with E-state index >= 15 is 0 Å². The lowest BCUT2D eigenvalue weighted by Crippen LogP contribution is -2.47. The average molecular weight is 379 g/mol. The molecule has 0 saturated carbocycles. The second kappa shape index (κ2) is 5.90. The summed E-state index contributed by atoms with van der Waals surface area (Å²) in [5, 5.41) is 10.2. The van der Waals surface area contributed by atoms with Crippen molar-refractivity contribution >= 4 is 22.6 Å². The lowest BCUT2D eigenvalue weighted by Gasteiger charge is -2.32. The Morgan fingerprint density at radius 1 is 1.14 bits per heavy atom. The molecule has 3 aromatic rings. The number of halogens is 1. The summed E-state index contributed by atoms with van der Waals surface area (Å²) >= 11 is 0. The lowest BCUT2D eigenvalue weighted by molar-refractivity contribution is -0.138. The van der Waals surface area contributed by atoms with Gasteiger partial charge in [-0.15, -0.1) is 0 Å². The highest BCUT2D eigenvalue weighted by Crippen LogP contribution is 2.40. The molecule has 0 aliphatic carbocycles. The molecule has 0 radical (unpaired) electrons. The van der Waals surface area contributed by atoms with Crippen molar-refractivity contribution in [3.05, 3.63) is 70.0 Å². The van der Waals surface area contributed by atoms with Crippen molar-refractivity contribution in [1.82, 2.24) is 4.57 Å². The number of nitrogens with two attached hydrogens (primary N) is 1. The summed E-state index contributed by atoms with van der Waals surface area (Å²) in [6.07, 6.45) is 0.655. The number of aliphatic carboxylic acids is 1. The molecular weight excluding hydrogens is 361 g/mol. The topological polar surface area (TPSA) is 88.6 Å². The molecule has 28 heavy (non-hydrogen) atoms. The fourth-order valence-electron chi connectivity index (χ4n) is 4.56. The largest absolute Gasteiger partial charge is 0.480 e. The summed E-state index contributed by atoms with van der Waals surface area (Å²) in [5.74, 6) is -1.15. The molecule has 3 unspecified atom stereocenters. The first-order valence-electron chi connectivity index (χ1n) is 9.13. The molecule has 1 aromatic heterocycles. The third kappa shape index (κ3) is 2.23. The molecule has 5 rings (SSSR count). The Labute approximate surface area is 159 Å². The molecule has 2 aromatic carbocycles. The molecule has 3 N–H and O–H groups in total. The van der Waals surface area contributed by atoms with Crippen LogP contribution >= 0.6 is 0 Å². The van der Waals surface area contributed by atoms with Crippen LogP contribution in [0.1, 0.15) is 17.5 Å². The van der Waals surface area contributed by atoms with E-state index in [0.29, 0.717) is 23.0 Å². The highest BCUT2D eigenvalue weighted by atomic mass is 19.1. The van der Waals surface area contributed by atoms with Crippen LogP contribution in [0.25, 0.3) is 16.6 Å². The molecule has 2 aliphatic heterocycles. The van der Waals surface area contributed by atoms with Gasteiger partial charge in [-0.05, 0) is 23.8 Å². The van der Waals surface area contributed by atoms with Crippen LogP contribution < -0.4 is 16.1 Å². The van der Waals surface area contributed by atoms with Gasteiger partial charge in [-0.3, -0.25) is 4.79 Å². The maximum atomic E-state index is 14.9. The summed E-state index contributed by atoms with van der Waals surface area (Å²) in [4.78, 5) is 25.5. The number of alkyl halides is 1. The van der Waals surface area contributed by atoms with Crippen molar-refractivity contribution in [2.45, 2.75) is 31.2 Å². The summed E-state index contributed by atoms with van der Waals surface area (Å²) in [6, 6.07) is 10.7. The standard InChI is InChI=1S/C21H18FN3O3/c22-18-10-14(23)20(21(27)28)25(18)16-6-5-12-17(26)7-8-24-15-4-2-1-3-11(15)9-13(16)19(12)24/h1-8,14,18,20H,9-10,23H2,(H,27,28). The molecule has 1 fully saturated rings. The predicted molar refractivity (Wildman–Crippen MR) is 104 cm³/mol. The van der Waals surface area contributed by atoms with E-state index in [0.717, 1.165) is 16.8 Å². The third-order valence-electron chi connectivity index (χ3n) is 5.76. The van der Waals surface area contributed by atoms with Crippen LogP contribution in [0.3, 0.4) is 0 Å². The van der Waals surface area contributed by atoms with Crippen molar-refractivity contribution in [3.8, 4) is 5.69 Å². The molecule has 0 bridgehead atoms. The summed E-state index contributed by atoms with van der Waals surface area (Å²) in [7, 11) is 0. The Hall–Kier alpha value is -3.19. The average Bonchev–Trinajstić information content (AvgIpc) is 2.97. The number of para-hydroxylation sites is 1. The smallest absolute Gasteiger partial charge is 0.328 e. The third-order valence-corrected chi connectivity index (χ3v) is 5.76. The molecule has 0 amide bonds. The maximum absolute atomic E-state index is 14.9. The Morgan fingerprint density at radius 2 is 1.93 bits per heavy atom. The van der Waals surface area contributed by atoms with Crippen LogP contribution in [0.15, 0.2) is 53.5 Å². The predicted octanol–water partition coefficient (Wildman–Crippen LogP) is 2.18. The van der Waals surface area contributed by atoms with Crippen LogP contribution in [0.2, 0.25) is 0 Å². The molecule has 3 heterocycles. The number of carboxylic acid groups (broad SMARTS) is 1. The van der Waals surface area contributed by atoms with Crippen molar-refractivity contribution in [1.29, 1.82) is 0 Å². The van der Waals surface area contributed by atoms with Crippen LogP contribution in [0.4, 0.5) is 10.1 Å². The fraction of sp³-hybridized carbons (Fsp3) is 0.238. The minimum Gasteiger partial charge on any atom is -0.480 e. The summed E-state index contributed by atoms with van der Waals surface area (Å²) in [6.45, 7) is 0. The Balaban J connectivity index is 1.82. The van der Waals surface area contributed by atoms with Gasteiger partial charge in [-0.1, -0.05) is 18.2 Å². The number of nitrogens with zero attached hydrogens (tertiary/aromatic N) is 2. The molecule has 0 spiro atoms. The fourth-order valence-corrected chi connectivity index (χ4v) is 4.56. The highest BCUT2D eigenvalue weighted by Gasteiger charge is 2.45. The SMILES string of the molecule is NC1CC(F)N(c2ccc3c(=O)ccn4c3c2Cc2ccccc2-4)C1C(=O)O. The normalized spacial score (nSPS) is 23.1.